The second kappa shape index (κ2) is 2.44. The average molecular weight is 177 g/mol. The molecular formula is C7H13ClN2O. The molecule has 0 unspecified atom stereocenters. The third kappa shape index (κ3) is 0.991. The summed E-state index contributed by atoms with van der Waals surface area (Å²) in [5.41, 5.74) is 3.18. The van der Waals surface area contributed by atoms with Gasteiger partial charge in [0.05, 0.1) is 0 Å². The first-order valence-corrected chi connectivity index (χ1v) is 3.64. The SMILES string of the molecule is Cl.NNCC12CC(C=O)(C1)C2. The van der Waals surface area contributed by atoms with Crippen molar-refractivity contribution in [3.63, 3.8) is 0 Å². The Balaban J connectivity index is 0.000000605. The minimum atomic E-state index is 0. The topological polar surface area (TPSA) is 55.1 Å². The van der Waals surface area contributed by atoms with E-state index in [2.05, 4.69) is 5.43 Å². The van der Waals surface area contributed by atoms with Crippen molar-refractivity contribution in [2.45, 2.75) is 19.3 Å². The van der Waals surface area contributed by atoms with Crippen LogP contribution in [0.2, 0.25) is 0 Å². The molecular weight excluding hydrogens is 164 g/mol. The Morgan fingerprint density at radius 2 is 2.00 bits per heavy atom. The van der Waals surface area contributed by atoms with Crippen molar-refractivity contribution in [3.05, 3.63) is 0 Å². The Morgan fingerprint density at radius 1 is 1.45 bits per heavy atom. The summed E-state index contributed by atoms with van der Waals surface area (Å²) in [6.45, 7) is 0.878. The fraction of sp³-hybridized carbons (Fsp3) is 0.857. The third-order valence-electron chi connectivity index (χ3n) is 2.91. The maximum absolute atomic E-state index is 10.4. The lowest BCUT2D eigenvalue weighted by atomic mass is 9.36. The highest BCUT2D eigenvalue weighted by Crippen LogP contribution is 2.71. The van der Waals surface area contributed by atoms with Gasteiger partial charge < -0.3 is 4.79 Å². The minimum absolute atomic E-state index is 0. The van der Waals surface area contributed by atoms with Gasteiger partial charge in [0.1, 0.15) is 6.29 Å². The molecule has 0 aromatic carbocycles. The Labute approximate surface area is 72.1 Å². The lowest BCUT2D eigenvalue weighted by Crippen LogP contribution is -2.66. The molecule has 3 aliphatic carbocycles. The third-order valence-corrected chi connectivity index (χ3v) is 2.91. The number of nitrogens with two attached hydrogens (primary N) is 1. The molecule has 11 heavy (non-hydrogen) atoms. The smallest absolute Gasteiger partial charge is 0.126 e. The van der Waals surface area contributed by atoms with Gasteiger partial charge in [-0.1, -0.05) is 0 Å². The highest BCUT2D eigenvalue weighted by molar-refractivity contribution is 5.85. The summed E-state index contributed by atoms with van der Waals surface area (Å²) in [4.78, 5) is 10.4. The molecule has 3 fully saturated rings. The molecule has 0 amide bonds. The first-order chi connectivity index (χ1) is 4.74. The quantitative estimate of drug-likeness (QED) is 0.368. The van der Waals surface area contributed by atoms with E-state index in [9.17, 15) is 4.79 Å². The van der Waals surface area contributed by atoms with E-state index in [4.69, 9.17) is 5.84 Å². The number of hydrazine groups is 1. The first-order valence-electron chi connectivity index (χ1n) is 3.64. The zero-order valence-corrected chi connectivity index (χ0v) is 7.12. The van der Waals surface area contributed by atoms with Crippen LogP contribution in [0.1, 0.15) is 19.3 Å². The Bertz CT molecular complexity index is 164. The van der Waals surface area contributed by atoms with Gasteiger partial charge in [-0.05, 0) is 24.7 Å². The molecule has 0 atom stereocenters. The number of aldehydes is 1. The summed E-state index contributed by atoms with van der Waals surface area (Å²) < 4.78 is 0. The number of hydrogen-bond acceptors (Lipinski definition) is 3. The van der Waals surface area contributed by atoms with Gasteiger partial charge in [-0.15, -0.1) is 12.4 Å². The summed E-state index contributed by atoms with van der Waals surface area (Å²) in [6.07, 6.45) is 4.31. The number of hydrogen-bond donors (Lipinski definition) is 2. The van der Waals surface area contributed by atoms with Crippen LogP contribution in [-0.2, 0) is 4.79 Å². The normalized spacial score (nSPS) is 44.8. The van der Waals surface area contributed by atoms with Crippen molar-refractivity contribution < 1.29 is 4.79 Å². The molecule has 3 N–H and O–H groups in total. The lowest BCUT2D eigenvalue weighted by Gasteiger charge is -2.68. The van der Waals surface area contributed by atoms with Gasteiger partial charge in [0.15, 0.2) is 0 Å². The molecule has 3 nitrogen and oxygen atoms in total. The maximum Gasteiger partial charge on any atom is 0.126 e. The monoisotopic (exact) mass is 176 g/mol. The molecule has 0 spiro atoms. The lowest BCUT2D eigenvalue weighted by molar-refractivity contribution is -0.191. The van der Waals surface area contributed by atoms with E-state index in [-0.39, 0.29) is 17.8 Å². The highest BCUT2D eigenvalue weighted by atomic mass is 35.5. The van der Waals surface area contributed by atoms with Crippen LogP contribution in [0.5, 0.6) is 0 Å². The zero-order valence-electron chi connectivity index (χ0n) is 6.30. The molecule has 0 aliphatic heterocycles. The van der Waals surface area contributed by atoms with Gasteiger partial charge in [0, 0.05) is 12.0 Å². The Hall–Kier alpha value is -0.120. The number of carbonyl (C=O) groups excluding carboxylic acids is 1. The second-order valence-electron chi connectivity index (χ2n) is 3.89. The molecule has 3 aliphatic rings. The summed E-state index contributed by atoms with van der Waals surface area (Å²) in [6, 6.07) is 0. The minimum Gasteiger partial charge on any atom is -0.303 e. The predicted octanol–water partition coefficient (Wildman–Crippen LogP) is 0.241. The van der Waals surface area contributed by atoms with E-state index in [0.29, 0.717) is 5.41 Å². The molecule has 0 radical (unpaired) electrons. The number of halogens is 1. The van der Waals surface area contributed by atoms with Gasteiger partial charge in [0.2, 0.25) is 0 Å². The zero-order chi connectivity index (χ0) is 7.24. The van der Waals surface area contributed by atoms with E-state index < -0.39 is 0 Å². The molecule has 64 valence electrons. The number of rotatable bonds is 3. The first kappa shape index (κ1) is 8.97. The maximum atomic E-state index is 10.4. The summed E-state index contributed by atoms with van der Waals surface area (Å²) in [5, 5.41) is 0. The molecule has 4 heteroatoms. The fourth-order valence-corrected chi connectivity index (χ4v) is 2.61. The van der Waals surface area contributed by atoms with E-state index in [0.717, 1.165) is 32.1 Å². The summed E-state index contributed by atoms with van der Waals surface area (Å²) in [5.74, 6) is 5.19. The molecule has 0 aromatic heterocycles. The van der Waals surface area contributed by atoms with Crippen LogP contribution in [0.25, 0.3) is 0 Å². The van der Waals surface area contributed by atoms with Gasteiger partial charge >= 0.3 is 0 Å². The number of nitrogens with one attached hydrogen (secondary N) is 1. The van der Waals surface area contributed by atoms with Gasteiger partial charge in [-0.25, -0.2) is 0 Å². The van der Waals surface area contributed by atoms with Crippen molar-refractivity contribution in [3.8, 4) is 0 Å². The van der Waals surface area contributed by atoms with Gasteiger partial charge in [0.25, 0.3) is 0 Å². The van der Waals surface area contributed by atoms with Crippen LogP contribution in [0.4, 0.5) is 0 Å². The molecule has 0 aromatic rings. The van der Waals surface area contributed by atoms with Crippen LogP contribution in [0.15, 0.2) is 0 Å². The van der Waals surface area contributed by atoms with Crippen molar-refractivity contribution in [2.24, 2.45) is 16.7 Å². The molecule has 0 heterocycles. The number of carbonyl (C=O) groups is 1. The van der Waals surface area contributed by atoms with Gasteiger partial charge in [-0.3, -0.25) is 11.3 Å². The largest absolute Gasteiger partial charge is 0.303 e. The average Bonchev–Trinajstić information content (AvgIpc) is 1.74. The van der Waals surface area contributed by atoms with Crippen LogP contribution in [0.3, 0.4) is 0 Å². The fourth-order valence-electron chi connectivity index (χ4n) is 2.61. The van der Waals surface area contributed by atoms with E-state index >= 15 is 0 Å². The summed E-state index contributed by atoms with van der Waals surface area (Å²) >= 11 is 0. The van der Waals surface area contributed by atoms with E-state index in [1.54, 1.807) is 0 Å². The van der Waals surface area contributed by atoms with Crippen LogP contribution in [0, 0.1) is 10.8 Å². The second-order valence-corrected chi connectivity index (χ2v) is 3.89. The van der Waals surface area contributed by atoms with Crippen molar-refractivity contribution >= 4 is 18.7 Å². The predicted molar refractivity (Wildman–Crippen MR) is 44.2 cm³/mol. The molecule has 3 saturated carbocycles. The highest BCUT2D eigenvalue weighted by Gasteiger charge is 2.67. The van der Waals surface area contributed by atoms with Crippen molar-refractivity contribution in [1.29, 1.82) is 0 Å². The molecule has 2 bridgehead atoms. The summed E-state index contributed by atoms with van der Waals surface area (Å²) in [7, 11) is 0. The van der Waals surface area contributed by atoms with Gasteiger partial charge in [-0.2, -0.15) is 0 Å². The van der Waals surface area contributed by atoms with Crippen molar-refractivity contribution in [2.75, 3.05) is 6.54 Å². The van der Waals surface area contributed by atoms with Crippen LogP contribution < -0.4 is 11.3 Å². The van der Waals surface area contributed by atoms with Crippen molar-refractivity contribution in [1.82, 2.24) is 5.43 Å². The van der Waals surface area contributed by atoms with E-state index in [1.165, 1.54) is 0 Å². The molecule has 0 saturated heterocycles. The van der Waals surface area contributed by atoms with Crippen LogP contribution in [-0.4, -0.2) is 12.8 Å². The Kier molecular flexibility index (Phi) is 1.99. The van der Waals surface area contributed by atoms with Crippen LogP contribution >= 0.6 is 12.4 Å². The standard InChI is InChI=1S/C7H12N2O.ClH/c8-9-4-6-1-7(2-6,3-6)5-10;/h5,9H,1-4,8H2;1H. The Morgan fingerprint density at radius 3 is 2.36 bits per heavy atom. The van der Waals surface area contributed by atoms with E-state index in [1.807, 2.05) is 0 Å². The molecule has 3 rings (SSSR count).